The van der Waals surface area contributed by atoms with Crippen LogP contribution in [-0.4, -0.2) is 49.2 Å². The van der Waals surface area contributed by atoms with Crippen LogP contribution in [0.2, 0.25) is 0 Å². The topological polar surface area (TPSA) is 79.9 Å². The molecule has 5 rings (SSSR count). The van der Waals surface area contributed by atoms with E-state index < -0.39 is 0 Å². The molecule has 1 saturated heterocycles. The van der Waals surface area contributed by atoms with E-state index in [1.807, 2.05) is 24.3 Å². The van der Waals surface area contributed by atoms with E-state index in [2.05, 4.69) is 35.8 Å². The molecule has 2 amide bonds. The summed E-state index contributed by atoms with van der Waals surface area (Å²) in [6, 6.07) is 14.6. The smallest absolute Gasteiger partial charge is 0.254 e. The van der Waals surface area contributed by atoms with Crippen LogP contribution in [0.15, 0.2) is 42.5 Å². The molecule has 7 nitrogen and oxygen atoms in total. The fraction of sp³-hybridized carbons (Fsp3) is 0.440. The lowest BCUT2D eigenvalue weighted by Gasteiger charge is -2.26. The molecule has 3 atom stereocenters. The Kier molecular flexibility index (Phi) is 5.74. The molecular formula is C25H29N3O4. The molecule has 7 heteroatoms. The molecule has 2 aromatic carbocycles. The van der Waals surface area contributed by atoms with Gasteiger partial charge in [0.2, 0.25) is 12.7 Å². The molecule has 3 aliphatic rings. The number of rotatable bonds is 5. The normalized spacial score (nSPS) is 23.2. The van der Waals surface area contributed by atoms with Crippen LogP contribution >= 0.6 is 0 Å². The molecule has 0 aromatic heterocycles. The summed E-state index contributed by atoms with van der Waals surface area (Å²) in [6.07, 6.45) is 3.30. The van der Waals surface area contributed by atoms with Gasteiger partial charge in [0, 0.05) is 36.3 Å². The summed E-state index contributed by atoms with van der Waals surface area (Å²) in [4.78, 5) is 25.9. The Hall–Kier alpha value is -3.06. The molecule has 0 bridgehead atoms. The maximum absolute atomic E-state index is 12.7. The van der Waals surface area contributed by atoms with E-state index in [0.717, 1.165) is 36.3 Å². The molecule has 1 unspecified atom stereocenters. The highest BCUT2D eigenvalue weighted by atomic mass is 16.7. The first-order valence-corrected chi connectivity index (χ1v) is 11.4. The van der Waals surface area contributed by atoms with Gasteiger partial charge in [-0.25, -0.2) is 0 Å². The average molecular weight is 436 g/mol. The van der Waals surface area contributed by atoms with Crippen LogP contribution in [0.3, 0.4) is 0 Å². The second-order valence-corrected chi connectivity index (χ2v) is 8.87. The highest BCUT2D eigenvalue weighted by molar-refractivity contribution is 5.97. The molecule has 2 N–H and O–H groups in total. The molecule has 0 spiro atoms. The quantitative estimate of drug-likeness (QED) is 0.755. The van der Waals surface area contributed by atoms with E-state index in [9.17, 15) is 9.59 Å². The Labute approximate surface area is 188 Å². The van der Waals surface area contributed by atoms with E-state index in [1.165, 1.54) is 5.56 Å². The fourth-order valence-corrected chi connectivity index (χ4v) is 5.07. The van der Waals surface area contributed by atoms with Crippen molar-refractivity contribution < 1.29 is 19.1 Å². The average Bonchev–Trinajstić information content (AvgIpc) is 3.48. The summed E-state index contributed by atoms with van der Waals surface area (Å²) in [5.74, 6) is 1.98. The lowest BCUT2D eigenvalue weighted by Crippen LogP contribution is -2.49. The van der Waals surface area contributed by atoms with Gasteiger partial charge in [-0.2, -0.15) is 0 Å². The summed E-state index contributed by atoms with van der Waals surface area (Å²) >= 11 is 0. The number of nitrogens with one attached hydrogen (secondary N) is 2. The third-order valence-corrected chi connectivity index (χ3v) is 6.77. The minimum Gasteiger partial charge on any atom is -0.454 e. The van der Waals surface area contributed by atoms with E-state index in [1.54, 1.807) is 4.90 Å². The molecular weight excluding hydrogens is 406 g/mol. The first kappa shape index (κ1) is 20.8. The molecule has 2 aromatic rings. The maximum Gasteiger partial charge on any atom is 0.254 e. The van der Waals surface area contributed by atoms with Gasteiger partial charge >= 0.3 is 0 Å². The monoisotopic (exact) mass is 435 g/mol. The first-order valence-electron chi connectivity index (χ1n) is 11.4. The number of para-hydroxylation sites is 1. The van der Waals surface area contributed by atoms with Crippen LogP contribution in [0, 0.1) is 0 Å². The number of fused-ring (bicyclic) bond motifs is 1. The van der Waals surface area contributed by atoms with Crippen molar-refractivity contribution in [2.45, 2.75) is 44.2 Å². The Balaban J connectivity index is 1.19. The fourth-order valence-electron chi connectivity index (χ4n) is 5.07. The van der Waals surface area contributed by atoms with Gasteiger partial charge in [-0.05, 0) is 55.9 Å². The number of piperazine rings is 1. The van der Waals surface area contributed by atoms with Crippen molar-refractivity contribution in [1.82, 2.24) is 15.5 Å². The molecule has 0 radical (unpaired) electrons. The van der Waals surface area contributed by atoms with Crippen LogP contribution < -0.4 is 20.1 Å². The second-order valence-electron chi connectivity index (χ2n) is 8.87. The summed E-state index contributed by atoms with van der Waals surface area (Å²) in [6.45, 7) is 3.67. The molecule has 2 aliphatic heterocycles. The Morgan fingerprint density at radius 1 is 1.16 bits per heavy atom. The standard InChI is InChI=1S/C25H29N3O4/c1-16(21-3-2-4-22-24(21)32-15-31-22)27-20-10-9-19(13-20)17-5-7-18(8-6-17)25(30)28-12-11-26-23(29)14-28/h2-8,16,19-20,27H,9-15H2,1H3,(H,26,29)/t16-,19+,20?/m1/s1. The third kappa shape index (κ3) is 4.17. The molecule has 168 valence electrons. The first-order chi connectivity index (χ1) is 15.6. The highest BCUT2D eigenvalue weighted by Gasteiger charge is 2.29. The number of ether oxygens (including phenoxy) is 2. The molecule has 1 saturated carbocycles. The summed E-state index contributed by atoms with van der Waals surface area (Å²) in [5, 5.41) is 6.52. The van der Waals surface area contributed by atoms with Gasteiger partial charge < -0.3 is 25.0 Å². The number of carbonyl (C=O) groups excluding carboxylic acids is 2. The maximum atomic E-state index is 12.7. The zero-order valence-electron chi connectivity index (χ0n) is 18.3. The van der Waals surface area contributed by atoms with Crippen molar-refractivity contribution in [2.24, 2.45) is 0 Å². The van der Waals surface area contributed by atoms with E-state index >= 15 is 0 Å². The Morgan fingerprint density at radius 3 is 2.81 bits per heavy atom. The van der Waals surface area contributed by atoms with Gasteiger partial charge in [-0.1, -0.05) is 24.3 Å². The molecule has 2 fully saturated rings. The lowest BCUT2D eigenvalue weighted by molar-refractivity contribution is -0.123. The number of hydrogen-bond acceptors (Lipinski definition) is 5. The van der Waals surface area contributed by atoms with Gasteiger partial charge in [0.15, 0.2) is 11.5 Å². The SMILES string of the molecule is C[C@@H](NC1CC[C@H](c2ccc(C(=O)N3CCNC(=O)C3)cc2)C1)c1cccc2c1OCO2. The summed E-state index contributed by atoms with van der Waals surface area (Å²) in [5.41, 5.74) is 3.05. The van der Waals surface area contributed by atoms with Crippen LogP contribution in [-0.2, 0) is 4.79 Å². The zero-order valence-corrected chi connectivity index (χ0v) is 18.3. The predicted molar refractivity (Wildman–Crippen MR) is 120 cm³/mol. The van der Waals surface area contributed by atoms with Crippen molar-refractivity contribution in [3.05, 3.63) is 59.2 Å². The lowest BCUT2D eigenvalue weighted by atomic mass is 9.96. The summed E-state index contributed by atoms with van der Waals surface area (Å²) < 4.78 is 11.2. The zero-order chi connectivity index (χ0) is 22.1. The van der Waals surface area contributed by atoms with Gasteiger partial charge in [-0.15, -0.1) is 0 Å². The van der Waals surface area contributed by atoms with Crippen molar-refractivity contribution in [1.29, 1.82) is 0 Å². The van der Waals surface area contributed by atoms with Crippen LogP contribution in [0.5, 0.6) is 11.5 Å². The number of hydrogen-bond donors (Lipinski definition) is 2. The van der Waals surface area contributed by atoms with Crippen molar-refractivity contribution >= 4 is 11.8 Å². The molecule has 32 heavy (non-hydrogen) atoms. The predicted octanol–water partition coefficient (Wildman–Crippen LogP) is 2.97. The largest absolute Gasteiger partial charge is 0.454 e. The molecule has 1 aliphatic carbocycles. The minimum atomic E-state index is -0.0977. The van der Waals surface area contributed by atoms with Crippen LogP contribution in [0.25, 0.3) is 0 Å². The van der Waals surface area contributed by atoms with Crippen molar-refractivity contribution in [3.63, 3.8) is 0 Å². The van der Waals surface area contributed by atoms with Crippen molar-refractivity contribution in [2.75, 3.05) is 26.4 Å². The second kappa shape index (κ2) is 8.82. The minimum absolute atomic E-state index is 0.0761. The third-order valence-electron chi connectivity index (χ3n) is 6.77. The van der Waals surface area contributed by atoms with Crippen LogP contribution in [0.4, 0.5) is 0 Å². The Morgan fingerprint density at radius 2 is 2.00 bits per heavy atom. The highest BCUT2D eigenvalue weighted by Crippen LogP contribution is 2.40. The van der Waals surface area contributed by atoms with E-state index in [0.29, 0.717) is 30.6 Å². The summed E-state index contributed by atoms with van der Waals surface area (Å²) in [7, 11) is 0. The number of carbonyl (C=O) groups is 2. The number of benzene rings is 2. The van der Waals surface area contributed by atoms with E-state index in [4.69, 9.17) is 9.47 Å². The number of amides is 2. The van der Waals surface area contributed by atoms with Gasteiger partial charge in [0.1, 0.15) is 0 Å². The van der Waals surface area contributed by atoms with Gasteiger partial charge in [0.05, 0.1) is 6.54 Å². The Bertz CT molecular complexity index is 1010. The van der Waals surface area contributed by atoms with Gasteiger partial charge in [0.25, 0.3) is 5.91 Å². The number of nitrogens with zero attached hydrogens (tertiary/aromatic N) is 1. The van der Waals surface area contributed by atoms with Crippen molar-refractivity contribution in [3.8, 4) is 11.5 Å². The van der Waals surface area contributed by atoms with Crippen LogP contribution in [0.1, 0.15) is 59.6 Å². The molecule has 2 heterocycles. The van der Waals surface area contributed by atoms with E-state index in [-0.39, 0.29) is 31.2 Å². The van der Waals surface area contributed by atoms with Gasteiger partial charge in [-0.3, -0.25) is 9.59 Å².